The Balaban J connectivity index is 1.34. The number of benzene rings is 2. The summed E-state index contributed by atoms with van der Waals surface area (Å²) in [4.78, 5) is 9.89. The molecule has 3 heterocycles. The molecule has 0 radical (unpaired) electrons. The zero-order chi connectivity index (χ0) is 19.5. The maximum Gasteiger partial charge on any atom is 0.250 e. The van der Waals surface area contributed by atoms with Crippen LogP contribution in [0.5, 0.6) is 11.5 Å². The summed E-state index contributed by atoms with van der Waals surface area (Å²) in [6.07, 6.45) is 5.86. The van der Waals surface area contributed by atoms with E-state index in [4.69, 9.17) is 4.74 Å². The van der Waals surface area contributed by atoms with Crippen molar-refractivity contribution in [3.63, 3.8) is 0 Å². The van der Waals surface area contributed by atoms with Crippen molar-refractivity contribution in [3.8, 4) is 17.2 Å². The topological polar surface area (TPSA) is 84.8 Å². The highest BCUT2D eigenvalue weighted by Gasteiger charge is 2.26. The Morgan fingerprint density at radius 3 is 2.62 bits per heavy atom. The van der Waals surface area contributed by atoms with Crippen LogP contribution in [0, 0.1) is 0 Å². The zero-order valence-corrected chi connectivity index (χ0v) is 15.8. The van der Waals surface area contributed by atoms with Gasteiger partial charge in [0.15, 0.2) is 0 Å². The minimum absolute atomic E-state index is 0.352. The van der Waals surface area contributed by atoms with Crippen molar-refractivity contribution in [2.75, 3.05) is 18.0 Å². The molecule has 1 aliphatic heterocycles. The molecule has 8 heteroatoms. The van der Waals surface area contributed by atoms with E-state index in [-0.39, 0.29) is 0 Å². The lowest BCUT2D eigenvalue weighted by Gasteiger charge is -2.31. The molecule has 0 saturated carbocycles. The Hall–Kier alpha value is -3.68. The van der Waals surface area contributed by atoms with Crippen molar-refractivity contribution in [1.29, 1.82) is 0 Å². The van der Waals surface area contributed by atoms with Crippen LogP contribution in [-0.4, -0.2) is 43.3 Å². The van der Waals surface area contributed by atoms with Crippen LogP contribution in [0.3, 0.4) is 0 Å². The zero-order valence-electron chi connectivity index (χ0n) is 15.8. The van der Waals surface area contributed by atoms with Gasteiger partial charge in [0.2, 0.25) is 5.95 Å². The number of tetrazole rings is 1. The molecule has 0 amide bonds. The summed E-state index contributed by atoms with van der Waals surface area (Å²) < 4.78 is 7.65. The summed E-state index contributed by atoms with van der Waals surface area (Å²) in [6, 6.07) is 17.5. The average Bonchev–Trinajstić information content (AvgIpc) is 3.48. The van der Waals surface area contributed by atoms with Gasteiger partial charge in [-0.1, -0.05) is 23.3 Å². The van der Waals surface area contributed by atoms with E-state index >= 15 is 0 Å². The van der Waals surface area contributed by atoms with Gasteiger partial charge < -0.3 is 14.6 Å². The fourth-order valence-electron chi connectivity index (χ4n) is 3.71. The molecule has 0 spiro atoms. The maximum atomic E-state index is 5.87. The van der Waals surface area contributed by atoms with E-state index in [1.807, 2.05) is 60.8 Å². The monoisotopic (exact) mass is 387 g/mol. The number of hydrogen-bond donors (Lipinski definition) is 1. The van der Waals surface area contributed by atoms with Crippen molar-refractivity contribution in [1.82, 2.24) is 30.2 Å². The van der Waals surface area contributed by atoms with E-state index in [9.17, 15) is 0 Å². The van der Waals surface area contributed by atoms with Crippen molar-refractivity contribution < 1.29 is 4.74 Å². The molecule has 29 heavy (non-hydrogen) atoms. The van der Waals surface area contributed by atoms with Crippen LogP contribution >= 0.6 is 0 Å². The van der Waals surface area contributed by atoms with E-state index in [1.165, 1.54) is 0 Å². The number of hydrogen-bond acceptors (Lipinski definition) is 6. The first-order chi connectivity index (χ1) is 14.4. The number of nitrogens with zero attached hydrogens (tertiary/aromatic N) is 6. The van der Waals surface area contributed by atoms with Crippen LogP contribution in [0.4, 0.5) is 5.95 Å². The molecule has 4 aromatic rings. The molecule has 0 unspecified atom stereocenters. The summed E-state index contributed by atoms with van der Waals surface area (Å²) in [5, 5.41) is 12.4. The standard InChI is InChI=1S/C21H21N7O/c1-2-6-18(7-3-1)29-19-10-8-17(9-11-19)28-21(24-25-26-28)27-14-4-5-16(15-27)20-22-12-13-23-20/h1-3,6-13,16H,4-5,14-15H2,(H,22,23)/t16-/m0/s1. The first-order valence-electron chi connectivity index (χ1n) is 9.73. The largest absolute Gasteiger partial charge is 0.457 e. The number of H-pyrrole nitrogens is 1. The molecule has 5 rings (SSSR count). The molecule has 1 fully saturated rings. The molecule has 1 N–H and O–H groups in total. The molecule has 1 aliphatic rings. The highest BCUT2D eigenvalue weighted by Crippen LogP contribution is 2.28. The van der Waals surface area contributed by atoms with Crippen LogP contribution in [-0.2, 0) is 0 Å². The Morgan fingerprint density at radius 1 is 1.00 bits per heavy atom. The number of imidazole rings is 1. The molecule has 1 atom stereocenters. The SMILES string of the molecule is c1ccc(Oc2ccc(-n3nnnc3N3CCC[C@H](c4ncc[nH]4)C3)cc2)cc1. The van der Waals surface area contributed by atoms with Crippen LogP contribution in [0.1, 0.15) is 24.6 Å². The van der Waals surface area contributed by atoms with Gasteiger partial charge in [-0.3, -0.25) is 0 Å². The molecule has 146 valence electrons. The van der Waals surface area contributed by atoms with E-state index in [1.54, 1.807) is 10.9 Å². The summed E-state index contributed by atoms with van der Waals surface area (Å²) in [5.41, 5.74) is 0.894. The highest BCUT2D eigenvalue weighted by atomic mass is 16.5. The lowest BCUT2D eigenvalue weighted by atomic mass is 9.98. The highest BCUT2D eigenvalue weighted by molar-refractivity contribution is 5.44. The number of nitrogens with one attached hydrogen (secondary N) is 1. The van der Waals surface area contributed by atoms with Gasteiger partial charge in [-0.2, -0.15) is 4.68 Å². The first-order valence-corrected chi connectivity index (χ1v) is 9.73. The number of para-hydroxylation sites is 1. The number of rotatable bonds is 5. The van der Waals surface area contributed by atoms with Crippen molar-refractivity contribution >= 4 is 5.95 Å². The maximum absolute atomic E-state index is 5.87. The third-order valence-corrected chi connectivity index (χ3v) is 5.12. The predicted molar refractivity (Wildman–Crippen MR) is 108 cm³/mol. The molecular weight excluding hydrogens is 366 g/mol. The number of anilines is 1. The molecule has 2 aromatic carbocycles. The van der Waals surface area contributed by atoms with Gasteiger partial charge in [-0.15, -0.1) is 0 Å². The summed E-state index contributed by atoms with van der Waals surface area (Å²) in [7, 11) is 0. The van der Waals surface area contributed by atoms with E-state index in [0.717, 1.165) is 54.9 Å². The minimum atomic E-state index is 0.352. The van der Waals surface area contributed by atoms with Crippen molar-refractivity contribution in [2.45, 2.75) is 18.8 Å². The van der Waals surface area contributed by atoms with Gasteiger partial charge in [-0.05, 0) is 59.7 Å². The second-order valence-electron chi connectivity index (χ2n) is 7.06. The van der Waals surface area contributed by atoms with E-state index < -0.39 is 0 Å². The van der Waals surface area contributed by atoms with Gasteiger partial charge in [0, 0.05) is 31.4 Å². The first kappa shape index (κ1) is 17.4. The summed E-state index contributed by atoms with van der Waals surface area (Å²) >= 11 is 0. The van der Waals surface area contributed by atoms with Gasteiger partial charge >= 0.3 is 0 Å². The normalized spacial score (nSPS) is 16.7. The third-order valence-electron chi connectivity index (χ3n) is 5.12. The number of piperidine rings is 1. The molecule has 1 saturated heterocycles. The fraction of sp³-hybridized carbons (Fsp3) is 0.238. The second kappa shape index (κ2) is 7.75. The van der Waals surface area contributed by atoms with Crippen molar-refractivity contribution in [2.24, 2.45) is 0 Å². The molecule has 2 aromatic heterocycles. The molecule has 0 aliphatic carbocycles. The molecule has 8 nitrogen and oxygen atoms in total. The van der Waals surface area contributed by atoms with E-state index in [2.05, 4.69) is 30.4 Å². The van der Waals surface area contributed by atoms with Crippen molar-refractivity contribution in [3.05, 3.63) is 72.8 Å². The summed E-state index contributed by atoms with van der Waals surface area (Å²) in [6.45, 7) is 1.76. The number of ether oxygens (including phenoxy) is 1. The Morgan fingerprint density at radius 2 is 1.83 bits per heavy atom. The predicted octanol–water partition coefficient (Wildman–Crippen LogP) is 3.56. The Labute approximate surface area is 168 Å². The second-order valence-corrected chi connectivity index (χ2v) is 7.06. The van der Waals surface area contributed by atoms with Crippen LogP contribution < -0.4 is 9.64 Å². The third kappa shape index (κ3) is 3.69. The minimum Gasteiger partial charge on any atom is -0.457 e. The van der Waals surface area contributed by atoms with Crippen LogP contribution in [0.15, 0.2) is 67.0 Å². The van der Waals surface area contributed by atoms with Gasteiger partial charge in [0.25, 0.3) is 0 Å². The number of aromatic nitrogens is 6. The fourth-order valence-corrected chi connectivity index (χ4v) is 3.71. The lowest BCUT2D eigenvalue weighted by Crippen LogP contribution is -2.36. The van der Waals surface area contributed by atoms with Gasteiger partial charge in [0.05, 0.1) is 5.69 Å². The molecular formula is C21H21N7O. The Kier molecular flexibility index (Phi) is 4.65. The number of aromatic amines is 1. The average molecular weight is 387 g/mol. The quantitative estimate of drug-likeness (QED) is 0.564. The van der Waals surface area contributed by atoms with E-state index in [0.29, 0.717) is 5.92 Å². The summed E-state index contributed by atoms with van der Waals surface area (Å²) in [5.74, 6) is 3.70. The molecule has 0 bridgehead atoms. The lowest BCUT2D eigenvalue weighted by molar-refractivity contribution is 0.482. The smallest absolute Gasteiger partial charge is 0.250 e. The van der Waals surface area contributed by atoms with Crippen LogP contribution in [0.25, 0.3) is 5.69 Å². The van der Waals surface area contributed by atoms with Crippen LogP contribution in [0.2, 0.25) is 0 Å². The van der Waals surface area contributed by atoms with Gasteiger partial charge in [0.1, 0.15) is 17.3 Å². The van der Waals surface area contributed by atoms with Gasteiger partial charge in [-0.25, -0.2) is 4.98 Å². The Bertz CT molecular complexity index is 1040.